The Bertz CT molecular complexity index is 846. The number of carbonyl (C=O) groups excluding carboxylic acids is 2. The fourth-order valence-electron chi connectivity index (χ4n) is 1.91. The van der Waals surface area contributed by atoms with Crippen LogP contribution in [0.5, 0.6) is 0 Å². The zero-order chi connectivity index (χ0) is 14.7. The highest BCUT2D eigenvalue weighted by Crippen LogP contribution is 2.25. The van der Waals surface area contributed by atoms with Gasteiger partial charge in [0.1, 0.15) is 0 Å². The normalized spacial score (nSPS) is 9.90. The van der Waals surface area contributed by atoms with Crippen LogP contribution in [0.15, 0.2) is 60.7 Å². The number of Topliss-reactive ketones (excluding diaryl/α,β-unsaturated/α-hetero) is 2. The number of rotatable bonds is 2. The number of carbonyl (C=O) groups is 2. The van der Waals surface area contributed by atoms with Crippen LogP contribution in [-0.4, -0.2) is 11.6 Å². The minimum Gasteiger partial charge on any atom is -0.283 e. The van der Waals surface area contributed by atoms with E-state index in [1.807, 2.05) is 42.5 Å². The first-order valence-corrected chi connectivity index (χ1v) is 7.20. The first kappa shape index (κ1) is 13.3. The SMILES string of the molecule is O=C(C#Cc1ccccc1)C(=O)c1cc2ccccc2s1. The van der Waals surface area contributed by atoms with Crippen LogP contribution in [0.1, 0.15) is 15.2 Å². The monoisotopic (exact) mass is 290 g/mol. The Morgan fingerprint density at radius 1 is 0.905 bits per heavy atom. The molecule has 100 valence electrons. The van der Waals surface area contributed by atoms with E-state index in [0.29, 0.717) is 4.88 Å². The summed E-state index contributed by atoms with van der Waals surface area (Å²) in [6.45, 7) is 0. The molecule has 0 saturated carbocycles. The lowest BCUT2D eigenvalue weighted by molar-refractivity contribution is -0.110. The molecule has 3 rings (SSSR count). The fourth-order valence-corrected chi connectivity index (χ4v) is 2.91. The molecule has 0 aliphatic heterocycles. The summed E-state index contributed by atoms with van der Waals surface area (Å²) in [5, 5.41) is 0.967. The van der Waals surface area contributed by atoms with Crippen LogP contribution >= 0.6 is 11.3 Å². The van der Waals surface area contributed by atoms with E-state index < -0.39 is 11.6 Å². The summed E-state index contributed by atoms with van der Waals surface area (Å²) in [5.74, 6) is 3.91. The predicted molar refractivity (Wildman–Crippen MR) is 84.5 cm³/mol. The van der Waals surface area contributed by atoms with Crippen molar-refractivity contribution in [3.63, 3.8) is 0 Å². The molecule has 3 heteroatoms. The lowest BCUT2D eigenvalue weighted by Crippen LogP contribution is -2.09. The number of hydrogen-bond acceptors (Lipinski definition) is 3. The molecule has 0 N–H and O–H groups in total. The van der Waals surface area contributed by atoms with Crippen molar-refractivity contribution in [2.24, 2.45) is 0 Å². The number of fused-ring (bicyclic) bond motifs is 1. The van der Waals surface area contributed by atoms with E-state index in [2.05, 4.69) is 11.8 Å². The third kappa shape index (κ3) is 2.91. The lowest BCUT2D eigenvalue weighted by Gasteiger charge is -1.89. The molecule has 0 atom stereocenters. The van der Waals surface area contributed by atoms with Gasteiger partial charge in [-0.3, -0.25) is 9.59 Å². The quantitative estimate of drug-likeness (QED) is 0.409. The van der Waals surface area contributed by atoms with E-state index in [0.717, 1.165) is 15.6 Å². The van der Waals surface area contributed by atoms with Gasteiger partial charge in [-0.15, -0.1) is 11.3 Å². The fraction of sp³-hybridized carbons (Fsp3) is 0. The molecule has 0 bridgehead atoms. The Labute approximate surface area is 126 Å². The molecule has 1 heterocycles. The summed E-state index contributed by atoms with van der Waals surface area (Å²) < 4.78 is 0.990. The summed E-state index contributed by atoms with van der Waals surface area (Å²) >= 11 is 1.32. The van der Waals surface area contributed by atoms with Crippen LogP contribution in [0.4, 0.5) is 0 Å². The molecular formula is C18H10O2S. The van der Waals surface area contributed by atoms with Crippen molar-refractivity contribution in [1.29, 1.82) is 0 Å². The summed E-state index contributed by atoms with van der Waals surface area (Å²) in [6, 6.07) is 18.5. The predicted octanol–water partition coefficient (Wildman–Crippen LogP) is 3.70. The van der Waals surface area contributed by atoms with Gasteiger partial charge in [-0.1, -0.05) is 42.3 Å². The molecule has 0 amide bonds. The highest BCUT2D eigenvalue weighted by molar-refractivity contribution is 7.21. The van der Waals surface area contributed by atoms with E-state index in [9.17, 15) is 9.59 Å². The zero-order valence-electron chi connectivity index (χ0n) is 11.0. The maximum absolute atomic E-state index is 12.1. The number of ketones is 2. The van der Waals surface area contributed by atoms with Crippen LogP contribution in [-0.2, 0) is 4.79 Å². The molecule has 0 fully saturated rings. The third-order valence-electron chi connectivity index (χ3n) is 2.95. The van der Waals surface area contributed by atoms with Gasteiger partial charge in [0.25, 0.3) is 11.6 Å². The number of benzene rings is 2. The number of hydrogen-bond donors (Lipinski definition) is 0. The topological polar surface area (TPSA) is 34.1 Å². The molecule has 2 aromatic carbocycles. The molecular weight excluding hydrogens is 280 g/mol. The smallest absolute Gasteiger partial charge is 0.277 e. The van der Waals surface area contributed by atoms with E-state index in [-0.39, 0.29) is 0 Å². The molecule has 0 radical (unpaired) electrons. The van der Waals surface area contributed by atoms with E-state index in [1.165, 1.54) is 11.3 Å². The first-order valence-electron chi connectivity index (χ1n) is 6.38. The van der Waals surface area contributed by atoms with Crippen LogP contribution in [0.25, 0.3) is 10.1 Å². The molecule has 0 spiro atoms. The molecule has 2 nitrogen and oxygen atoms in total. The highest BCUT2D eigenvalue weighted by Gasteiger charge is 2.16. The maximum atomic E-state index is 12.1. The van der Waals surface area contributed by atoms with Crippen LogP contribution in [0, 0.1) is 11.8 Å². The minimum atomic E-state index is -0.676. The zero-order valence-corrected chi connectivity index (χ0v) is 11.8. The Morgan fingerprint density at radius 2 is 1.62 bits per heavy atom. The second-order valence-corrected chi connectivity index (χ2v) is 5.51. The second kappa shape index (κ2) is 5.74. The van der Waals surface area contributed by atoms with Crippen molar-refractivity contribution in [3.05, 3.63) is 71.1 Å². The average molecular weight is 290 g/mol. The Morgan fingerprint density at radius 3 is 2.38 bits per heavy atom. The third-order valence-corrected chi connectivity index (χ3v) is 4.06. The van der Waals surface area contributed by atoms with Crippen LogP contribution in [0.3, 0.4) is 0 Å². The van der Waals surface area contributed by atoms with Crippen LogP contribution < -0.4 is 0 Å². The van der Waals surface area contributed by atoms with Gasteiger partial charge in [0, 0.05) is 10.3 Å². The molecule has 0 unspecified atom stereocenters. The van der Waals surface area contributed by atoms with Crippen molar-refractivity contribution in [1.82, 2.24) is 0 Å². The van der Waals surface area contributed by atoms with Gasteiger partial charge in [0.2, 0.25) is 0 Å². The van der Waals surface area contributed by atoms with Crippen molar-refractivity contribution in [2.45, 2.75) is 0 Å². The van der Waals surface area contributed by atoms with E-state index in [1.54, 1.807) is 18.2 Å². The van der Waals surface area contributed by atoms with Crippen molar-refractivity contribution in [2.75, 3.05) is 0 Å². The van der Waals surface area contributed by atoms with Crippen molar-refractivity contribution < 1.29 is 9.59 Å². The van der Waals surface area contributed by atoms with Crippen molar-refractivity contribution >= 4 is 33.0 Å². The summed E-state index contributed by atoms with van der Waals surface area (Å²) in [7, 11) is 0. The molecule has 21 heavy (non-hydrogen) atoms. The van der Waals surface area contributed by atoms with Gasteiger partial charge in [-0.05, 0) is 35.6 Å². The Balaban J connectivity index is 1.85. The average Bonchev–Trinajstić information content (AvgIpc) is 2.97. The molecule has 0 saturated heterocycles. The van der Waals surface area contributed by atoms with Gasteiger partial charge in [0.15, 0.2) is 0 Å². The summed E-state index contributed by atoms with van der Waals surface area (Å²) in [5.41, 5.74) is 0.718. The Hall–Kier alpha value is -2.70. The van der Waals surface area contributed by atoms with E-state index >= 15 is 0 Å². The van der Waals surface area contributed by atoms with Crippen LogP contribution in [0.2, 0.25) is 0 Å². The standard InChI is InChI=1S/C18H10O2S/c19-15(11-10-13-6-2-1-3-7-13)18(20)17-12-14-8-4-5-9-16(14)21-17/h1-9,12H. The highest BCUT2D eigenvalue weighted by atomic mass is 32.1. The minimum absolute atomic E-state index is 0.434. The molecule has 0 aliphatic rings. The van der Waals surface area contributed by atoms with Gasteiger partial charge in [-0.2, -0.15) is 0 Å². The van der Waals surface area contributed by atoms with Gasteiger partial charge < -0.3 is 0 Å². The molecule has 0 aliphatic carbocycles. The second-order valence-electron chi connectivity index (χ2n) is 4.42. The van der Waals surface area contributed by atoms with Gasteiger partial charge in [0.05, 0.1) is 4.88 Å². The lowest BCUT2D eigenvalue weighted by atomic mass is 10.1. The Kier molecular flexibility index (Phi) is 3.63. The largest absolute Gasteiger partial charge is 0.283 e. The van der Waals surface area contributed by atoms with Gasteiger partial charge >= 0.3 is 0 Å². The number of thiophene rings is 1. The van der Waals surface area contributed by atoms with Crippen molar-refractivity contribution in [3.8, 4) is 11.8 Å². The first-order chi connectivity index (χ1) is 10.2. The summed E-state index contributed by atoms with van der Waals surface area (Å²) in [4.78, 5) is 24.4. The van der Waals surface area contributed by atoms with Gasteiger partial charge in [-0.25, -0.2) is 0 Å². The summed E-state index contributed by atoms with van der Waals surface area (Å²) in [6.07, 6.45) is 0. The molecule has 1 aromatic heterocycles. The maximum Gasteiger partial charge on any atom is 0.277 e. The van der Waals surface area contributed by atoms with E-state index in [4.69, 9.17) is 0 Å². The molecule has 3 aromatic rings.